The van der Waals surface area contributed by atoms with Gasteiger partial charge in [0, 0.05) is 37.6 Å². The third kappa shape index (κ3) is 2.63. The van der Waals surface area contributed by atoms with E-state index in [9.17, 15) is 8.78 Å². The fraction of sp³-hybridized carbons (Fsp3) is 0.727. The van der Waals surface area contributed by atoms with Gasteiger partial charge in [-0.2, -0.15) is 8.78 Å². The fourth-order valence-corrected chi connectivity index (χ4v) is 2.13. The van der Waals surface area contributed by atoms with Crippen LogP contribution in [0.1, 0.15) is 26.2 Å². The van der Waals surface area contributed by atoms with Gasteiger partial charge < -0.3 is 5.32 Å². The zero-order valence-electron chi connectivity index (χ0n) is 10.2. The number of hydrogen-bond donors (Lipinski definition) is 1. The molecule has 1 fully saturated rings. The van der Waals surface area contributed by atoms with Crippen molar-refractivity contribution < 1.29 is 8.78 Å². The highest BCUT2D eigenvalue weighted by atomic mass is 19.3. The number of rotatable bonds is 3. The molecule has 1 N–H and O–H groups in total. The second kappa shape index (κ2) is 4.70. The number of hydrogen-bond acceptors (Lipinski definition) is 3. The summed E-state index contributed by atoms with van der Waals surface area (Å²) in [5.41, 5.74) is -0.0306. The smallest absolute Gasteiger partial charge is 0.314 e. The highest BCUT2D eigenvalue weighted by molar-refractivity contribution is 4.97. The maximum absolute atomic E-state index is 12.7. The quantitative estimate of drug-likeness (QED) is 0.874. The van der Waals surface area contributed by atoms with Crippen LogP contribution in [0.2, 0.25) is 0 Å². The minimum atomic E-state index is -2.52. The average molecular weight is 244 g/mol. The summed E-state index contributed by atoms with van der Waals surface area (Å²) in [5.74, 6) is 0.426. The van der Waals surface area contributed by atoms with Crippen molar-refractivity contribution in [1.82, 2.24) is 19.8 Å². The van der Waals surface area contributed by atoms with Crippen LogP contribution in [0.15, 0.2) is 12.4 Å². The monoisotopic (exact) mass is 244 g/mol. The first kappa shape index (κ1) is 12.4. The Morgan fingerprint density at radius 1 is 1.53 bits per heavy atom. The van der Waals surface area contributed by atoms with Gasteiger partial charge in [-0.15, -0.1) is 0 Å². The lowest BCUT2D eigenvalue weighted by Crippen LogP contribution is -2.57. The van der Waals surface area contributed by atoms with Gasteiger partial charge in [-0.25, -0.2) is 4.98 Å². The standard InChI is InChI=1S/C11H18F2N4/c1-11(2)8-14-3-5-16(11)7-9-15-4-6-17(9)10(12)13/h4,6,10,14H,3,5,7-8H2,1-2H3. The molecular weight excluding hydrogens is 226 g/mol. The third-order valence-corrected chi connectivity index (χ3v) is 3.26. The largest absolute Gasteiger partial charge is 0.319 e. The molecule has 1 aliphatic rings. The van der Waals surface area contributed by atoms with Gasteiger partial charge >= 0.3 is 6.55 Å². The molecule has 1 aromatic heterocycles. The molecule has 0 aromatic carbocycles. The lowest BCUT2D eigenvalue weighted by Gasteiger charge is -2.42. The molecular formula is C11H18F2N4. The molecule has 4 nitrogen and oxygen atoms in total. The Morgan fingerprint density at radius 2 is 2.29 bits per heavy atom. The summed E-state index contributed by atoms with van der Waals surface area (Å²) in [6.45, 7) is 4.76. The van der Waals surface area contributed by atoms with Crippen molar-refractivity contribution in [3.8, 4) is 0 Å². The second-order valence-corrected chi connectivity index (χ2v) is 4.94. The average Bonchev–Trinajstić information content (AvgIpc) is 2.69. The van der Waals surface area contributed by atoms with Crippen LogP contribution in [0.5, 0.6) is 0 Å². The van der Waals surface area contributed by atoms with E-state index in [0.717, 1.165) is 24.2 Å². The van der Waals surface area contributed by atoms with Gasteiger partial charge in [0.15, 0.2) is 0 Å². The van der Waals surface area contributed by atoms with Crippen molar-refractivity contribution in [3.05, 3.63) is 18.2 Å². The van der Waals surface area contributed by atoms with Crippen molar-refractivity contribution >= 4 is 0 Å². The maximum Gasteiger partial charge on any atom is 0.319 e. The van der Waals surface area contributed by atoms with Gasteiger partial charge in [0.2, 0.25) is 0 Å². The molecule has 2 rings (SSSR count). The minimum absolute atomic E-state index is 0.0306. The van der Waals surface area contributed by atoms with Crippen molar-refractivity contribution in [2.45, 2.75) is 32.5 Å². The molecule has 0 spiro atoms. The Balaban J connectivity index is 2.11. The predicted molar refractivity (Wildman–Crippen MR) is 60.8 cm³/mol. The topological polar surface area (TPSA) is 33.1 Å². The molecule has 1 saturated heterocycles. The molecule has 17 heavy (non-hydrogen) atoms. The van der Waals surface area contributed by atoms with Crippen molar-refractivity contribution in [2.75, 3.05) is 19.6 Å². The molecule has 0 radical (unpaired) electrons. The Morgan fingerprint density at radius 3 is 2.94 bits per heavy atom. The SMILES string of the molecule is CC1(C)CNCCN1Cc1nccn1C(F)F. The lowest BCUT2D eigenvalue weighted by molar-refractivity contribution is 0.0492. The van der Waals surface area contributed by atoms with Crippen molar-refractivity contribution in [2.24, 2.45) is 0 Å². The predicted octanol–water partition coefficient (Wildman–Crippen LogP) is 1.46. The van der Waals surface area contributed by atoms with Gasteiger partial charge in [-0.3, -0.25) is 9.47 Å². The molecule has 1 aromatic rings. The summed E-state index contributed by atoms with van der Waals surface area (Å²) in [6.07, 6.45) is 2.76. The highest BCUT2D eigenvalue weighted by Gasteiger charge is 2.30. The number of nitrogens with zero attached hydrogens (tertiary/aromatic N) is 3. The van der Waals surface area contributed by atoms with Gasteiger partial charge in [0.1, 0.15) is 5.82 Å². The molecule has 96 valence electrons. The van der Waals surface area contributed by atoms with E-state index in [0.29, 0.717) is 12.4 Å². The Hall–Kier alpha value is -1.01. The number of aromatic nitrogens is 2. The van der Waals surface area contributed by atoms with Crippen LogP contribution in [0.3, 0.4) is 0 Å². The molecule has 0 aliphatic carbocycles. The summed E-state index contributed by atoms with van der Waals surface area (Å²) < 4.78 is 26.3. The molecule has 0 bridgehead atoms. The van der Waals surface area contributed by atoms with E-state index < -0.39 is 6.55 Å². The van der Waals surface area contributed by atoms with E-state index in [4.69, 9.17) is 0 Å². The van der Waals surface area contributed by atoms with E-state index in [2.05, 4.69) is 29.0 Å². The number of halogens is 2. The normalized spacial score (nSPS) is 21.0. The molecule has 1 aliphatic heterocycles. The fourth-order valence-electron chi connectivity index (χ4n) is 2.13. The van der Waals surface area contributed by atoms with Gasteiger partial charge in [-0.05, 0) is 13.8 Å². The van der Waals surface area contributed by atoms with Gasteiger partial charge in [0.05, 0.1) is 6.54 Å². The van der Waals surface area contributed by atoms with Gasteiger partial charge in [-0.1, -0.05) is 0 Å². The van der Waals surface area contributed by atoms with Crippen LogP contribution >= 0.6 is 0 Å². The first-order chi connectivity index (χ1) is 8.00. The van der Waals surface area contributed by atoms with Gasteiger partial charge in [0.25, 0.3) is 0 Å². The van der Waals surface area contributed by atoms with E-state index >= 15 is 0 Å². The summed E-state index contributed by atoms with van der Waals surface area (Å²) in [7, 11) is 0. The first-order valence-corrected chi connectivity index (χ1v) is 5.76. The van der Waals surface area contributed by atoms with E-state index in [1.54, 1.807) is 0 Å². The van der Waals surface area contributed by atoms with Crippen molar-refractivity contribution in [3.63, 3.8) is 0 Å². The van der Waals surface area contributed by atoms with Crippen LogP contribution in [0.25, 0.3) is 0 Å². The number of alkyl halides is 2. The van der Waals surface area contributed by atoms with E-state index in [1.807, 2.05) is 0 Å². The number of imidazole rings is 1. The first-order valence-electron chi connectivity index (χ1n) is 5.76. The molecule has 0 amide bonds. The van der Waals surface area contributed by atoms with Crippen molar-refractivity contribution in [1.29, 1.82) is 0 Å². The zero-order valence-corrected chi connectivity index (χ0v) is 10.2. The Bertz CT molecular complexity index is 375. The molecule has 2 heterocycles. The van der Waals surface area contributed by atoms with Crippen LogP contribution in [0.4, 0.5) is 8.78 Å². The third-order valence-electron chi connectivity index (χ3n) is 3.26. The van der Waals surface area contributed by atoms with Crippen LogP contribution in [-0.4, -0.2) is 39.6 Å². The zero-order chi connectivity index (χ0) is 12.5. The lowest BCUT2D eigenvalue weighted by atomic mass is 10.0. The Kier molecular flexibility index (Phi) is 3.44. The number of nitrogens with one attached hydrogen (secondary N) is 1. The van der Waals surface area contributed by atoms with Crippen LogP contribution < -0.4 is 5.32 Å². The summed E-state index contributed by atoms with van der Waals surface area (Å²) >= 11 is 0. The molecule has 6 heteroatoms. The molecule has 0 atom stereocenters. The summed E-state index contributed by atoms with van der Waals surface area (Å²) in [6, 6.07) is 0. The van der Waals surface area contributed by atoms with Crippen LogP contribution in [0, 0.1) is 0 Å². The number of piperazine rings is 1. The molecule has 0 unspecified atom stereocenters. The van der Waals surface area contributed by atoms with E-state index in [1.165, 1.54) is 12.4 Å². The highest BCUT2D eigenvalue weighted by Crippen LogP contribution is 2.20. The van der Waals surface area contributed by atoms with Crippen LogP contribution in [-0.2, 0) is 6.54 Å². The Labute approximate surface area is 99.6 Å². The summed E-state index contributed by atoms with van der Waals surface area (Å²) in [5, 5.41) is 3.30. The second-order valence-electron chi connectivity index (χ2n) is 4.94. The maximum atomic E-state index is 12.7. The van der Waals surface area contributed by atoms with E-state index in [-0.39, 0.29) is 5.54 Å². The summed E-state index contributed by atoms with van der Waals surface area (Å²) in [4.78, 5) is 6.20. The minimum Gasteiger partial charge on any atom is -0.314 e. The molecule has 0 saturated carbocycles.